The zero-order valence-corrected chi connectivity index (χ0v) is 12.4. The van der Waals surface area contributed by atoms with Gasteiger partial charge in [0.1, 0.15) is 5.01 Å². The predicted octanol–water partition coefficient (Wildman–Crippen LogP) is 2.97. The molecule has 2 aromatic rings. The molecule has 0 aliphatic heterocycles. The van der Waals surface area contributed by atoms with Gasteiger partial charge in [0.25, 0.3) is 0 Å². The zero-order chi connectivity index (χ0) is 14.5. The Labute approximate surface area is 122 Å². The normalized spacial score (nSPS) is 13.9. The number of aryl methyl sites for hydroxylation is 1. The first-order chi connectivity index (χ1) is 9.58. The number of aliphatic carboxylic acids is 1. The molecule has 20 heavy (non-hydrogen) atoms. The van der Waals surface area contributed by atoms with Crippen LogP contribution >= 0.6 is 11.3 Å². The summed E-state index contributed by atoms with van der Waals surface area (Å²) < 4.78 is 0. The molecule has 2 unspecified atom stereocenters. The lowest BCUT2D eigenvalue weighted by atomic mass is 9.99. The summed E-state index contributed by atoms with van der Waals surface area (Å²) in [6.07, 6.45) is 0. The van der Waals surface area contributed by atoms with Crippen molar-refractivity contribution in [3.63, 3.8) is 0 Å². The lowest BCUT2D eigenvalue weighted by Crippen LogP contribution is -2.28. The molecular weight excluding hydrogens is 272 g/mol. The van der Waals surface area contributed by atoms with Gasteiger partial charge in [-0.1, -0.05) is 30.3 Å². The Balaban J connectivity index is 2.01. The van der Waals surface area contributed by atoms with Gasteiger partial charge in [0.2, 0.25) is 0 Å². The van der Waals surface area contributed by atoms with Crippen LogP contribution in [0.3, 0.4) is 0 Å². The zero-order valence-electron chi connectivity index (χ0n) is 11.5. The van der Waals surface area contributed by atoms with Gasteiger partial charge in [0.15, 0.2) is 0 Å². The number of thiazole rings is 1. The van der Waals surface area contributed by atoms with E-state index in [0.717, 1.165) is 16.3 Å². The highest BCUT2D eigenvalue weighted by Gasteiger charge is 2.21. The summed E-state index contributed by atoms with van der Waals surface area (Å²) in [6, 6.07) is 9.35. The van der Waals surface area contributed by atoms with Crippen molar-refractivity contribution in [3.05, 3.63) is 52.0 Å². The van der Waals surface area contributed by atoms with Crippen molar-refractivity contribution < 1.29 is 9.90 Å². The van der Waals surface area contributed by atoms with Crippen LogP contribution in [0.1, 0.15) is 35.1 Å². The fraction of sp³-hybridized carbons (Fsp3) is 0.333. The minimum Gasteiger partial charge on any atom is -0.481 e. The summed E-state index contributed by atoms with van der Waals surface area (Å²) in [7, 11) is 0. The van der Waals surface area contributed by atoms with Crippen molar-refractivity contribution in [1.29, 1.82) is 0 Å². The van der Waals surface area contributed by atoms with E-state index in [4.69, 9.17) is 0 Å². The first-order valence-corrected chi connectivity index (χ1v) is 7.39. The number of carbonyl (C=O) groups is 1. The van der Waals surface area contributed by atoms with Gasteiger partial charge in [0, 0.05) is 17.6 Å². The number of rotatable bonds is 6. The monoisotopic (exact) mass is 290 g/mol. The number of aromatic nitrogens is 1. The van der Waals surface area contributed by atoms with Crippen LogP contribution in [-0.2, 0) is 4.79 Å². The SMILES string of the molecule is Cc1csc(C(C)NCC(C(=O)O)c2ccccc2)n1. The van der Waals surface area contributed by atoms with E-state index in [0.29, 0.717) is 6.54 Å². The van der Waals surface area contributed by atoms with E-state index in [2.05, 4.69) is 10.3 Å². The molecule has 1 aromatic carbocycles. The lowest BCUT2D eigenvalue weighted by Gasteiger charge is -2.17. The van der Waals surface area contributed by atoms with E-state index >= 15 is 0 Å². The van der Waals surface area contributed by atoms with E-state index in [1.807, 2.05) is 49.6 Å². The third-order valence-corrected chi connectivity index (χ3v) is 4.28. The van der Waals surface area contributed by atoms with Crippen LogP contribution in [0.4, 0.5) is 0 Å². The fourth-order valence-corrected chi connectivity index (χ4v) is 2.81. The fourth-order valence-electron chi connectivity index (χ4n) is 1.99. The maximum Gasteiger partial charge on any atom is 0.312 e. The molecular formula is C15H18N2O2S. The number of hydrogen-bond acceptors (Lipinski definition) is 4. The van der Waals surface area contributed by atoms with Gasteiger partial charge in [-0.05, 0) is 19.4 Å². The molecule has 1 heterocycles. The molecule has 106 valence electrons. The van der Waals surface area contributed by atoms with Crippen molar-refractivity contribution in [3.8, 4) is 0 Å². The minimum atomic E-state index is -0.814. The second-order valence-electron chi connectivity index (χ2n) is 4.76. The van der Waals surface area contributed by atoms with Crippen molar-refractivity contribution in [2.75, 3.05) is 6.54 Å². The summed E-state index contributed by atoms with van der Waals surface area (Å²) in [5.74, 6) is -1.36. The van der Waals surface area contributed by atoms with Crippen molar-refractivity contribution in [2.24, 2.45) is 0 Å². The summed E-state index contributed by atoms with van der Waals surface area (Å²) in [5, 5.41) is 15.6. The van der Waals surface area contributed by atoms with Gasteiger partial charge in [-0.2, -0.15) is 0 Å². The summed E-state index contributed by atoms with van der Waals surface area (Å²) >= 11 is 1.59. The Bertz CT molecular complexity index is 568. The van der Waals surface area contributed by atoms with Crippen molar-refractivity contribution >= 4 is 17.3 Å². The molecule has 1 aromatic heterocycles. The van der Waals surface area contributed by atoms with Gasteiger partial charge in [-0.15, -0.1) is 11.3 Å². The molecule has 0 aliphatic carbocycles. The number of nitrogens with one attached hydrogen (secondary N) is 1. The van der Waals surface area contributed by atoms with Gasteiger partial charge in [0.05, 0.1) is 12.0 Å². The highest BCUT2D eigenvalue weighted by atomic mass is 32.1. The van der Waals surface area contributed by atoms with Crippen molar-refractivity contribution in [1.82, 2.24) is 10.3 Å². The van der Waals surface area contributed by atoms with E-state index in [1.54, 1.807) is 11.3 Å². The third kappa shape index (κ3) is 3.65. The van der Waals surface area contributed by atoms with Crippen LogP contribution in [0.2, 0.25) is 0 Å². The minimum absolute atomic E-state index is 0.0549. The lowest BCUT2D eigenvalue weighted by molar-refractivity contribution is -0.138. The van der Waals surface area contributed by atoms with E-state index < -0.39 is 11.9 Å². The smallest absolute Gasteiger partial charge is 0.312 e. The summed E-state index contributed by atoms with van der Waals surface area (Å²) in [4.78, 5) is 15.8. The number of carboxylic acid groups (broad SMARTS) is 1. The summed E-state index contributed by atoms with van der Waals surface area (Å²) in [6.45, 7) is 4.35. The largest absolute Gasteiger partial charge is 0.481 e. The van der Waals surface area contributed by atoms with Gasteiger partial charge >= 0.3 is 5.97 Å². The molecule has 0 aliphatic rings. The maximum atomic E-state index is 11.4. The topological polar surface area (TPSA) is 62.2 Å². The third-order valence-electron chi connectivity index (χ3n) is 3.14. The average Bonchev–Trinajstić information content (AvgIpc) is 2.86. The quantitative estimate of drug-likeness (QED) is 0.858. The molecule has 0 saturated heterocycles. The molecule has 0 fully saturated rings. The number of hydrogen-bond donors (Lipinski definition) is 2. The first kappa shape index (κ1) is 14.7. The summed E-state index contributed by atoms with van der Waals surface area (Å²) in [5.41, 5.74) is 1.81. The van der Waals surface area contributed by atoms with Crippen LogP contribution in [0.5, 0.6) is 0 Å². The Hall–Kier alpha value is -1.72. The molecule has 0 saturated carbocycles. The molecule has 2 rings (SSSR count). The second kappa shape index (κ2) is 6.63. The Morgan fingerprint density at radius 2 is 2.10 bits per heavy atom. The predicted molar refractivity (Wildman–Crippen MR) is 80.1 cm³/mol. The Morgan fingerprint density at radius 1 is 1.40 bits per heavy atom. The van der Waals surface area contributed by atoms with Crippen LogP contribution in [0, 0.1) is 6.92 Å². The van der Waals surface area contributed by atoms with E-state index in [1.165, 1.54) is 0 Å². The van der Waals surface area contributed by atoms with Crippen LogP contribution < -0.4 is 5.32 Å². The van der Waals surface area contributed by atoms with Crippen LogP contribution in [0.25, 0.3) is 0 Å². The van der Waals surface area contributed by atoms with Crippen LogP contribution in [-0.4, -0.2) is 22.6 Å². The molecule has 0 bridgehead atoms. The highest BCUT2D eigenvalue weighted by Crippen LogP contribution is 2.20. The van der Waals surface area contributed by atoms with Gasteiger partial charge in [-0.25, -0.2) is 4.98 Å². The maximum absolute atomic E-state index is 11.4. The standard InChI is InChI=1S/C15H18N2O2S/c1-10-9-20-14(17-10)11(2)16-8-13(15(18)19)12-6-4-3-5-7-12/h3-7,9,11,13,16H,8H2,1-2H3,(H,18,19). The molecule has 0 amide bonds. The molecule has 2 N–H and O–H groups in total. The van der Waals surface area contributed by atoms with Gasteiger partial charge < -0.3 is 10.4 Å². The number of nitrogens with zero attached hydrogens (tertiary/aromatic N) is 1. The number of carboxylic acids is 1. The molecule has 0 radical (unpaired) electrons. The second-order valence-corrected chi connectivity index (χ2v) is 5.65. The molecule has 4 nitrogen and oxygen atoms in total. The molecule has 0 spiro atoms. The highest BCUT2D eigenvalue weighted by molar-refractivity contribution is 7.09. The first-order valence-electron chi connectivity index (χ1n) is 6.51. The van der Waals surface area contributed by atoms with Gasteiger partial charge in [-0.3, -0.25) is 4.79 Å². The molecule has 2 atom stereocenters. The van der Waals surface area contributed by atoms with E-state index in [-0.39, 0.29) is 6.04 Å². The van der Waals surface area contributed by atoms with E-state index in [9.17, 15) is 9.90 Å². The number of benzene rings is 1. The van der Waals surface area contributed by atoms with Crippen molar-refractivity contribution in [2.45, 2.75) is 25.8 Å². The van der Waals surface area contributed by atoms with Crippen LogP contribution in [0.15, 0.2) is 35.7 Å². The average molecular weight is 290 g/mol. The molecule has 5 heteroatoms. The Kier molecular flexibility index (Phi) is 4.87. The Morgan fingerprint density at radius 3 is 2.65 bits per heavy atom.